The number of nitrogens with one attached hydrogen (secondary N) is 1. The van der Waals surface area contributed by atoms with Crippen molar-refractivity contribution in [1.29, 1.82) is 0 Å². The van der Waals surface area contributed by atoms with E-state index >= 15 is 0 Å². The molecule has 1 aromatic heterocycles. The van der Waals surface area contributed by atoms with Gasteiger partial charge in [-0.25, -0.2) is 0 Å². The second kappa shape index (κ2) is 5.39. The summed E-state index contributed by atoms with van der Waals surface area (Å²) in [7, 11) is 0. The molecule has 0 spiro atoms. The molecule has 1 atom stereocenters. The van der Waals surface area contributed by atoms with Crippen molar-refractivity contribution in [2.24, 2.45) is 0 Å². The molecule has 90 valence electrons. The molecule has 2 heterocycles. The molecular formula is C13H22N2O. The lowest BCUT2D eigenvalue weighted by molar-refractivity contribution is 0.350. The fraction of sp³-hybridized carbons (Fsp3) is 0.692. The summed E-state index contributed by atoms with van der Waals surface area (Å²) in [6.07, 6.45) is 3.80. The van der Waals surface area contributed by atoms with Crippen molar-refractivity contribution < 1.29 is 4.42 Å². The Bertz CT molecular complexity index is 311. The minimum atomic E-state index is 0.429. The summed E-state index contributed by atoms with van der Waals surface area (Å²) in [5.41, 5.74) is 0. The Morgan fingerprint density at radius 1 is 1.31 bits per heavy atom. The molecule has 1 N–H and O–H groups in total. The predicted octanol–water partition coefficient (Wildman–Crippen LogP) is 2.94. The number of anilines is 1. The van der Waals surface area contributed by atoms with E-state index in [1.165, 1.54) is 19.3 Å². The minimum Gasteiger partial charge on any atom is -0.444 e. The third kappa shape index (κ3) is 2.40. The molecule has 0 aromatic carbocycles. The Balaban J connectivity index is 2.05. The molecule has 0 unspecified atom stereocenters. The molecule has 1 saturated heterocycles. The van der Waals surface area contributed by atoms with Gasteiger partial charge in [-0.3, -0.25) is 0 Å². The van der Waals surface area contributed by atoms with Gasteiger partial charge in [0.2, 0.25) is 0 Å². The molecule has 1 aliphatic rings. The van der Waals surface area contributed by atoms with Crippen LogP contribution in [0.2, 0.25) is 0 Å². The van der Waals surface area contributed by atoms with E-state index in [9.17, 15) is 0 Å². The van der Waals surface area contributed by atoms with Crippen LogP contribution in [-0.4, -0.2) is 19.6 Å². The van der Waals surface area contributed by atoms with Gasteiger partial charge < -0.3 is 14.6 Å². The van der Waals surface area contributed by atoms with Gasteiger partial charge in [-0.15, -0.1) is 0 Å². The van der Waals surface area contributed by atoms with Gasteiger partial charge in [-0.05, 0) is 39.3 Å². The standard InChI is InChI=1S/C13H22N2O/c1-3-15(4-2)13-9-8-12(16-13)11-7-5-6-10-14-11/h8-9,11,14H,3-7,10H2,1-2H3/t11-/m0/s1. The Labute approximate surface area is 97.8 Å². The molecule has 16 heavy (non-hydrogen) atoms. The first-order valence-corrected chi connectivity index (χ1v) is 6.43. The Morgan fingerprint density at radius 2 is 2.12 bits per heavy atom. The lowest BCUT2D eigenvalue weighted by Gasteiger charge is -2.22. The normalized spacial score (nSPS) is 21.0. The fourth-order valence-corrected chi connectivity index (χ4v) is 2.33. The molecule has 1 fully saturated rings. The van der Waals surface area contributed by atoms with Crippen LogP contribution < -0.4 is 10.2 Å². The monoisotopic (exact) mass is 222 g/mol. The third-order valence-corrected chi connectivity index (χ3v) is 3.34. The molecular weight excluding hydrogens is 200 g/mol. The number of rotatable bonds is 4. The van der Waals surface area contributed by atoms with Crippen LogP contribution in [0.25, 0.3) is 0 Å². The van der Waals surface area contributed by atoms with Crippen molar-refractivity contribution in [3.05, 3.63) is 17.9 Å². The summed E-state index contributed by atoms with van der Waals surface area (Å²) in [4.78, 5) is 2.24. The van der Waals surface area contributed by atoms with Crippen molar-refractivity contribution in [2.45, 2.75) is 39.2 Å². The Hall–Kier alpha value is -0.960. The highest BCUT2D eigenvalue weighted by Gasteiger charge is 2.18. The van der Waals surface area contributed by atoms with E-state index in [2.05, 4.69) is 36.2 Å². The van der Waals surface area contributed by atoms with Crippen LogP contribution in [0.1, 0.15) is 44.9 Å². The van der Waals surface area contributed by atoms with E-state index in [4.69, 9.17) is 4.42 Å². The second-order valence-corrected chi connectivity index (χ2v) is 4.35. The molecule has 0 amide bonds. The summed E-state index contributed by atoms with van der Waals surface area (Å²) < 4.78 is 5.93. The molecule has 0 bridgehead atoms. The maximum Gasteiger partial charge on any atom is 0.195 e. The molecule has 0 radical (unpaired) electrons. The molecule has 3 heteroatoms. The number of nitrogens with zero attached hydrogens (tertiary/aromatic N) is 1. The second-order valence-electron chi connectivity index (χ2n) is 4.35. The zero-order valence-corrected chi connectivity index (χ0v) is 10.3. The number of furan rings is 1. The van der Waals surface area contributed by atoms with Gasteiger partial charge in [0, 0.05) is 19.2 Å². The van der Waals surface area contributed by atoms with E-state index in [1.54, 1.807) is 0 Å². The lowest BCUT2D eigenvalue weighted by Crippen LogP contribution is -2.26. The molecule has 0 aliphatic carbocycles. The number of piperidine rings is 1. The van der Waals surface area contributed by atoms with E-state index in [0.29, 0.717) is 6.04 Å². The van der Waals surface area contributed by atoms with Crippen molar-refractivity contribution in [3.8, 4) is 0 Å². The summed E-state index contributed by atoms with van der Waals surface area (Å²) in [5.74, 6) is 2.11. The van der Waals surface area contributed by atoms with Gasteiger partial charge in [0.1, 0.15) is 5.76 Å². The van der Waals surface area contributed by atoms with Gasteiger partial charge in [0.25, 0.3) is 0 Å². The highest BCUT2D eigenvalue weighted by Crippen LogP contribution is 2.27. The maximum atomic E-state index is 5.93. The van der Waals surface area contributed by atoms with E-state index < -0.39 is 0 Å². The fourth-order valence-electron chi connectivity index (χ4n) is 2.33. The average Bonchev–Trinajstić information content (AvgIpc) is 2.81. The first-order valence-electron chi connectivity index (χ1n) is 6.43. The van der Waals surface area contributed by atoms with Gasteiger partial charge >= 0.3 is 0 Å². The van der Waals surface area contributed by atoms with E-state index in [0.717, 1.165) is 31.3 Å². The minimum absolute atomic E-state index is 0.429. The highest BCUT2D eigenvalue weighted by atomic mass is 16.4. The lowest BCUT2D eigenvalue weighted by atomic mass is 10.0. The van der Waals surface area contributed by atoms with Crippen LogP contribution in [0.4, 0.5) is 5.88 Å². The van der Waals surface area contributed by atoms with Gasteiger partial charge in [-0.2, -0.15) is 0 Å². The first kappa shape index (κ1) is 11.5. The summed E-state index contributed by atoms with van der Waals surface area (Å²) in [6, 6.07) is 4.65. The van der Waals surface area contributed by atoms with Crippen LogP contribution >= 0.6 is 0 Å². The van der Waals surface area contributed by atoms with E-state index in [1.807, 2.05) is 0 Å². The van der Waals surface area contributed by atoms with Crippen LogP contribution in [0, 0.1) is 0 Å². The summed E-state index contributed by atoms with van der Waals surface area (Å²) >= 11 is 0. The predicted molar refractivity (Wildman–Crippen MR) is 66.9 cm³/mol. The Kier molecular flexibility index (Phi) is 3.88. The number of hydrogen-bond acceptors (Lipinski definition) is 3. The SMILES string of the molecule is CCN(CC)c1ccc([C@@H]2CCCCN2)o1. The zero-order chi connectivity index (χ0) is 11.4. The summed E-state index contributed by atoms with van der Waals surface area (Å²) in [6.45, 7) is 7.43. The van der Waals surface area contributed by atoms with Crippen LogP contribution in [0.5, 0.6) is 0 Å². The quantitative estimate of drug-likeness (QED) is 0.849. The molecule has 2 rings (SSSR count). The molecule has 0 saturated carbocycles. The highest BCUT2D eigenvalue weighted by molar-refractivity contribution is 5.36. The smallest absolute Gasteiger partial charge is 0.195 e. The van der Waals surface area contributed by atoms with E-state index in [-0.39, 0.29) is 0 Å². The first-order chi connectivity index (χ1) is 7.85. The molecule has 3 nitrogen and oxygen atoms in total. The van der Waals surface area contributed by atoms with Crippen LogP contribution in [0.3, 0.4) is 0 Å². The third-order valence-electron chi connectivity index (χ3n) is 3.34. The average molecular weight is 222 g/mol. The van der Waals surface area contributed by atoms with Crippen molar-refractivity contribution in [2.75, 3.05) is 24.5 Å². The number of hydrogen-bond donors (Lipinski definition) is 1. The van der Waals surface area contributed by atoms with Gasteiger partial charge in [0.15, 0.2) is 5.88 Å². The molecule has 1 aromatic rings. The van der Waals surface area contributed by atoms with Crippen molar-refractivity contribution >= 4 is 5.88 Å². The van der Waals surface area contributed by atoms with Crippen LogP contribution in [-0.2, 0) is 0 Å². The largest absolute Gasteiger partial charge is 0.444 e. The van der Waals surface area contributed by atoms with Crippen LogP contribution in [0.15, 0.2) is 16.5 Å². The zero-order valence-electron chi connectivity index (χ0n) is 10.3. The van der Waals surface area contributed by atoms with Gasteiger partial charge in [0.05, 0.1) is 6.04 Å². The van der Waals surface area contributed by atoms with Crippen molar-refractivity contribution in [3.63, 3.8) is 0 Å². The maximum absolute atomic E-state index is 5.93. The summed E-state index contributed by atoms with van der Waals surface area (Å²) in [5, 5.41) is 3.51. The molecule has 1 aliphatic heterocycles. The Morgan fingerprint density at radius 3 is 2.75 bits per heavy atom. The van der Waals surface area contributed by atoms with Crippen molar-refractivity contribution in [1.82, 2.24) is 5.32 Å². The topological polar surface area (TPSA) is 28.4 Å². The van der Waals surface area contributed by atoms with Gasteiger partial charge in [-0.1, -0.05) is 6.42 Å².